The summed E-state index contributed by atoms with van der Waals surface area (Å²) in [6.07, 6.45) is 1.79. The molecular weight excluding hydrogens is 351 g/mol. The van der Waals surface area contributed by atoms with Crippen molar-refractivity contribution < 1.29 is 23.9 Å². The Morgan fingerprint density at radius 2 is 1.78 bits per heavy atom. The molecule has 1 aliphatic carbocycles. The first-order valence-corrected chi connectivity index (χ1v) is 8.56. The van der Waals surface area contributed by atoms with Crippen LogP contribution in [0.1, 0.15) is 40.4 Å². The van der Waals surface area contributed by atoms with Crippen molar-refractivity contribution in [2.24, 2.45) is 5.92 Å². The van der Waals surface area contributed by atoms with Crippen LogP contribution < -0.4 is 10.6 Å². The Kier molecular flexibility index (Phi) is 5.21. The van der Waals surface area contributed by atoms with E-state index in [2.05, 4.69) is 10.6 Å². The summed E-state index contributed by atoms with van der Waals surface area (Å²) in [6, 6.07) is 8.79. The van der Waals surface area contributed by atoms with Crippen molar-refractivity contribution >= 4 is 23.5 Å². The molecule has 0 spiro atoms. The lowest BCUT2D eigenvalue weighted by atomic mass is 10.0. The molecule has 3 N–H and O–H groups in total. The fourth-order valence-corrected chi connectivity index (χ4v) is 2.64. The van der Waals surface area contributed by atoms with Gasteiger partial charge in [-0.05, 0) is 61.2 Å². The molecule has 1 fully saturated rings. The van der Waals surface area contributed by atoms with Crippen molar-refractivity contribution in [1.29, 1.82) is 0 Å². The van der Waals surface area contributed by atoms with Crippen molar-refractivity contribution in [2.75, 3.05) is 5.32 Å². The van der Waals surface area contributed by atoms with Crippen molar-refractivity contribution in [1.82, 2.24) is 5.32 Å². The smallest absolute Gasteiger partial charge is 0.330 e. The summed E-state index contributed by atoms with van der Waals surface area (Å²) in [6.45, 7) is 1.52. The van der Waals surface area contributed by atoms with Gasteiger partial charge in [-0.15, -0.1) is 0 Å². The molecular formula is C20H19FN2O4. The van der Waals surface area contributed by atoms with Crippen molar-refractivity contribution in [2.45, 2.75) is 25.8 Å². The highest BCUT2D eigenvalue weighted by Crippen LogP contribution is 2.30. The molecule has 2 amide bonds. The molecule has 0 radical (unpaired) electrons. The van der Waals surface area contributed by atoms with E-state index in [0.717, 1.165) is 12.8 Å². The lowest BCUT2D eigenvalue weighted by Gasteiger charge is -2.16. The van der Waals surface area contributed by atoms with E-state index in [1.54, 1.807) is 12.1 Å². The summed E-state index contributed by atoms with van der Waals surface area (Å²) in [7, 11) is 0. The molecule has 3 rings (SSSR count). The first-order chi connectivity index (χ1) is 12.8. The van der Waals surface area contributed by atoms with Crippen LogP contribution in [0.4, 0.5) is 10.1 Å². The average molecular weight is 370 g/mol. The number of anilines is 1. The third kappa shape index (κ3) is 4.49. The summed E-state index contributed by atoms with van der Waals surface area (Å²) in [4.78, 5) is 35.7. The second-order valence-electron chi connectivity index (χ2n) is 6.59. The van der Waals surface area contributed by atoms with Gasteiger partial charge in [0.25, 0.3) is 5.91 Å². The van der Waals surface area contributed by atoms with Crippen LogP contribution in [0, 0.1) is 18.7 Å². The molecule has 6 nitrogen and oxygen atoms in total. The molecule has 0 aromatic heterocycles. The third-order valence-electron chi connectivity index (χ3n) is 4.40. The van der Waals surface area contributed by atoms with Gasteiger partial charge in [0, 0.05) is 17.2 Å². The molecule has 2 aromatic carbocycles. The maximum atomic E-state index is 13.4. The van der Waals surface area contributed by atoms with E-state index in [1.165, 1.54) is 37.3 Å². The largest absolute Gasteiger partial charge is 0.479 e. The van der Waals surface area contributed by atoms with Crippen molar-refractivity contribution in [3.63, 3.8) is 0 Å². The highest BCUT2D eigenvalue weighted by molar-refractivity contribution is 5.98. The molecule has 27 heavy (non-hydrogen) atoms. The number of amides is 2. The molecule has 1 unspecified atom stereocenters. The van der Waals surface area contributed by atoms with Crippen molar-refractivity contribution in [3.8, 4) is 0 Å². The predicted molar refractivity (Wildman–Crippen MR) is 96.8 cm³/mol. The number of rotatable bonds is 6. The van der Waals surface area contributed by atoms with Gasteiger partial charge in [0.2, 0.25) is 5.91 Å². The van der Waals surface area contributed by atoms with Crippen LogP contribution in [-0.2, 0) is 9.59 Å². The number of carboxylic acids is 1. The van der Waals surface area contributed by atoms with Crippen LogP contribution >= 0.6 is 0 Å². The average Bonchev–Trinajstić information content (AvgIpc) is 3.47. The van der Waals surface area contributed by atoms with Gasteiger partial charge in [0.1, 0.15) is 5.82 Å². The van der Waals surface area contributed by atoms with Gasteiger partial charge in [0.15, 0.2) is 6.04 Å². The molecule has 1 aliphatic rings. The normalized spacial score (nSPS) is 14.3. The standard InChI is InChI=1S/C20H19FN2O4/c1-11-10-14(6-9-16(11)21)17(20(26)27)23-19(25)13-4-7-15(8-5-13)22-18(24)12-2-3-12/h4-10,12,17H,2-3H2,1H3,(H,22,24)(H,23,25)(H,26,27). The van der Waals surface area contributed by atoms with Gasteiger partial charge in [0.05, 0.1) is 0 Å². The number of hydrogen-bond donors (Lipinski definition) is 3. The fraction of sp³-hybridized carbons (Fsp3) is 0.250. The lowest BCUT2D eigenvalue weighted by Crippen LogP contribution is -2.33. The van der Waals surface area contributed by atoms with Gasteiger partial charge >= 0.3 is 5.97 Å². The zero-order valence-electron chi connectivity index (χ0n) is 14.7. The molecule has 2 aromatic rings. The van der Waals surface area contributed by atoms with Gasteiger partial charge in [-0.1, -0.05) is 12.1 Å². The molecule has 0 saturated heterocycles. The molecule has 7 heteroatoms. The Bertz CT molecular complexity index is 891. The van der Waals surface area contributed by atoms with Crippen LogP contribution in [0.2, 0.25) is 0 Å². The Labute approximate surface area is 155 Å². The predicted octanol–water partition coefficient (Wildman–Crippen LogP) is 3.04. The zero-order valence-corrected chi connectivity index (χ0v) is 14.7. The van der Waals surface area contributed by atoms with Crippen LogP contribution in [0.15, 0.2) is 42.5 Å². The summed E-state index contributed by atoms with van der Waals surface area (Å²) < 4.78 is 13.4. The Hall–Kier alpha value is -3.22. The number of carbonyl (C=O) groups is 3. The number of carbonyl (C=O) groups excluding carboxylic acids is 2. The van der Waals surface area contributed by atoms with Crippen molar-refractivity contribution in [3.05, 3.63) is 65.0 Å². The second kappa shape index (κ2) is 7.57. The lowest BCUT2D eigenvalue weighted by molar-refractivity contribution is -0.139. The topological polar surface area (TPSA) is 95.5 Å². The van der Waals surface area contributed by atoms with Gasteiger partial charge in [-0.25, -0.2) is 9.18 Å². The monoisotopic (exact) mass is 370 g/mol. The maximum Gasteiger partial charge on any atom is 0.330 e. The molecule has 1 saturated carbocycles. The Morgan fingerprint density at radius 3 is 2.33 bits per heavy atom. The molecule has 140 valence electrons. The zero-order chi connectivity index (χ0) is 19.6. The van der Waals surface area contributed by atoms with Crippen LogP contribution in [0.5, 0.6) is 0 Å². The van der Waals surface area contributed by atoms with Crippen LogP contribution in [-0.4, -0.2) is 22.9 Å². The molecule has 1 atom stereocenters. The third-order valence-corrected chi connectivity index (χ3v) is 4.40. The highest BCUT2D eigenvalue weighted by atomic mass is 19.1. The van der Waals surface area contributed by atoms with E-state index in [1.807, 2.05) is 0 Å². The Morgan fingerprint density at radius 1 is 1.11 bits per heavy atom. The number of nitrogens with one attached hydrogen (secondary N) is 2. The first-order valence-electron chi connectivity index (χ1n) is 8.56. The van der Waals surface area contributed by atoms with Gasteiger partial charge < -0.3 is 15.7 Å². The van der Waals surface area contributed by atoms with Crippen LogP contribution in [0.3, 0.4) is 0 Å². The molecule has 0 bridgehead atoms. The number of halogens is 1. The fourth-order valence-electron chi connectivity index (χ4n) is 2.64. The number of benzene rings is 2. The van der Waals surface area contributed by atoms with Crippen LogP contribution in [0.25, 0.3) is 0 Å². The number of aryl methyl sites for hydroxylation is 1. The maximum absolute atomic E-state index is 13.4. The minimum atomic E-state index is -1.30. The van der Waals surface area contributed by atoms with E-state index in [4.69, 9.17) is 0 Å². The second-order valence-corrected chi connectivity index (χ2v) is 6.59. The van der Waals surface area contributed by atoms with E-state index in [9.17, 15) is 23.9 Å². The molecule has 0 aliphatic heterocycles. The SMILES string of the molecule is Cc1cc(C(NC(=O)c2ccc(NC(=O)C3CC3)cc2)C(=O)O)ccc1F. The van der Waals surface area contributed by atoms with Gasteiger partial charge in [-0.2, -0.15) is 0 Å². The van der Waals surface area contributed by atoms with E-state index in [-0.39, 0.29) is 23.0 Å². The van der Waals surface area contributed by atoms with Gasteiger partial charge in [-0.3, -0.25) is 9.59 Å². The first kappa shape index (κ1) is 18.6. The number of aliphatic carboxylic acids is 1. The summed E-state index contributed by atoms with van der Waals surface area (Å²) >= 11 is 0. The Balaban J connectivity index is 1.70. The summed E-state index contributed by atoms with van der Waals surface area (Å²) in [5.41, 5.74) is 1.41. The number of hydrogen-bond acceptors (Lipinski definition) is 3. The summed E-state index contributed by atoms with van der Waals surface area (Å²) in [5, 5.41) is 14.6. The minimum Gasteiger partial charge on any atom is -0.479 e. The van der Waals surface area contributed by atoms with E-state index < -0.39 is 23.7 Å². The summed E-state index contributed by atoms with van der Waals surface area (Å²) in [5.74, 6) is -2.24. The molecule has 0 heterocycles. The highest BCUT2D eigenvalue weighted by Gasteiger charge is 2.29. The van der Waals surface area contributed by atoms with E-state index in [0.29, 0.717) is 11.3 Å². The minimum absolute atomic E-state index is 0.0372. The number of carboxylic acid groups (broad SMARTS) is 1. The van der Waals surface area contributed by atoms with E-state index >= 15 is 0 Å². The quantitative estimate of drug-likeness (QED) is 0.728.